The Hall–Kier alpha value is -6.14. The van der Waals surface area contributed by atoms with Gasteiger partial charge < -0.3 is 10.6 Å². The third kappa shape index (κ3) is 5.72. The first-order chi connectivity index (χ1) is 22.4. The number of aromatic nitrogens is 3. The van der Waals surface area contributed by atoms with Gasteiger partial charge in [-0.2, -0.15) is 0 Å². The van der Waals surface area contributed by atoms with Crippen LogP contribution in [0.4, 0.5) is 20.2 Å². The molecule has 0 atom stereocenters. The summed E-state index contributed by atoms with van der Waals surface area (Å²) < 4.78 is 29.8. The van der Waals surface area contributed by atoms with Crippen LogP contribution in [0.15, 0.2) is 103 Å². The molecule has 0 spiro atoms. The van der Waals surface area contributed by atoms with Gasteiger partial charge in [0.15, 0.2) is 0 Å². The molecule has 46 heavy (non-hydrogen) atoms. The zero-order valence-electron chi connectivity index (χ0n) is 23.9. The number of halogens is 2. The molecule has 222 valence electrons. The molecule has 1 amide bonds. The van der Waals surface area contributed by atoms with Crippen LogP contribution in [-0.2, 0) is 4.79 Å². The van der Waals surface area contributed by atoms with Crippen LogP contribution < -0.4 is 20.4 Å². The average Bonchev–Trinajstić information content (AvgIpc) is 3.73. The van der Waals surface area contributed by atoms with E-state index in [0.29, 0.717) is 54.9 Å². The summed E-state index contributed by atoms with van der Waals surface area (Å²) in [7, 11) is 0. The first-order valence-electron chi connectivity index (χ1n) is 14.1. The highest BCUT2D eigenvalue weighted by molar-refractivity contribution is 7.08. The molecule has 7 rings (SSSR count). The molecule has 10 heteroatoms. The van der Waals surface area contributed by atoms with E-state index in [-0.39, 0.29) is 24.0 Å². The summed E-state index contributed by atoms with van der Waals surface area (Å²) in [5, 5.41) is 17.1. The number of rotatable bonds is 3. The monoisotopic (exact) mass is 624 g/mol. The fourth-order valence-corrected chi connectivity index (χ4v) is 6.22. The number of amides is 1. The molecule has 1 aliphatic heterocycles. The summed E-state index contributed by atoms with van der Waals surface area (Å²) in [6, 6.07) is 19.3. The molecule has 4 heterocycles. The van der Waals surface area contributed by atoms with Gasteiger partial charge in [0.05, 0.1) is 27.5 Å². The summed E-state index contributed by atoms with van der Waals surface area (Å²) in [5.41, 5.74) is 6.02. The number of imidazole rings is 1. The van der Waals surface area contributed by atoms with Crippen molar-refractivity contribution in [2.45, 2.75) is 6.42 Å². The number of nitrogens with one attached hydrogen (secondary N) is 3. The summed E-state index contributed by atoms with van der Waals surface area (Å²) in [4.78, 5) is 21.8. The molecule has 3 aromatic carbocycles. The maximum atomic E-state index is 13.8. The summed E-state index contributed by atoms with van der Waals surface area (Å²) in [6.45, 7) is 0. The van der Waals surface area contributed by atoms with Crippen LogP contribution >= 0.6 is 11.3 Å². The first kappa shape index (κ1) is 28.6. The van der Waals surface area contributed by atoms with Gasteiger partial charge in [-0.25, -0.2) is 18.7 Å². The molecular weight excluding hydrogens is 603 g/mol. The Morgan fingerprint density at radius 1 is 0.848 bits per heavy atom. The molecule has 7 nitrogen and oxygen atoms in total. The van der Waals surface area contributed by atoms with Crippen molar-refractivity contribution in [3.63, 3.8) is 0 Å². The Balaban J connectivity index is 1.35. The standard InChI is InChI=1S/C36H22F2N6OS/c37-26-7-2-22(3-8-26)1-4-24-15-31-32(17-28(24)23-5-9-27(38)10-6-23)43-35(45)18-33(42-31)36-29(19-39)30(20-46-36)25-11-12-41-34(16-25)44-14-13-40-21-44/h2-3,5-17,20-21,39,42H,18H2,(H,43,45). The number of anilines is 2. The lowest BCUT2D eigenvalue weighted by Crippen LogP contribution is -2.27. The van der Waals surface area contributed by atoms with Crippen LogP contribution in [0, 0.1) is 28.9 Å². The lowest BCUT2D eigenvalue weighted by molar-refractivity contribution is -0.115. The number of carbonyl (C=O) groups is 1. The van der Waals surface area contributed by atoms with Crippen molar-refractivity contribution in [3.05, 3.63) is 136 Å². The molecule has 3 N–H and O–H groups in total. The van der Waals surface area contributed by atoms with Crippen molar-refractivity contribution in [1.29, 1.82) is 5.41 Å². The molecule has 0 bridgehead atoms. The van der Waals surface area contributed by atoms with Gasteiger partial charge in [0.1, 0.15) is 23.8 Å². The number of nitrogens with zero attached hydrogens (tertiary/aromatic N) is 3. The Kier molecular flexibility index (Phi) is 7.53. The quantitative estimate of drug-likeness (QED) is 0.171. The highest BCUT2D eigenvalue weighted by atomic mass is 32.1. The first-order valence-corrected chi connectivity index (χ1v) is 15.0. The van der Waals surface area contributed by atoms with E-state index < -0.39 is 0 Å². The zero-order valence-corrected chi connectivity index (χ0v) is 24.8. The van der Waals surface area contributed by atoms with E-state index in [1.54, 1.807) is 53.8 Å². The molecule has 1 aliphatic rings. The topological polar surface area (TPSA) is 95.7 Å². The molecule has 6 aromatic rings. The van der Waals surface area contributed by atoms with Crippen LogP contribution in [0.5, 0.6) is 0 Å². The Morgan fingerprint density at radius 2 is 1.61 bits per heavy atom. The largest absolute Gasteiger partial charge is 0.356 e. The number of carbonyl (C=O) groups excluding carboxylic acids is 1. The van der Waals surface area contributed by atoms with Crippen molar-refractivity contribution < 1.29 is 13.6 Å². The highest BCUT2D eigenvalue weighted by Crippen LogP contribution is 2.35. The number of fused-ring (bicyclic) bond motifs is 1. The SMILES string of the molecule is N=C=c1c(-c2ccnc(-n3ccnc3)c2)csc1=C1CC(=O)Nc2cc(-c3ccc(F)cc3)c(C#Cc3ccc(F)cc3)cc2N1. The van der Waals surface area contributed by atoms with Gasteiger partial charge in [-0.15, -0.1) is 11.3 Å². The van der Waals surface area contributed by atoms with Crippen molar-refractivity contribution in [3.8, 4) is 39.9 Å². The molecular formula is C36H22F2N6OS. The number of hydrogen-bond donors (Lipinski definition) is 3. The minimum absolute atomic E-state index is 0.0302. The van der Waals surface area contributed by atoms with E-state index in [9.17, 15) is 13.6 Å². The Labute approximate surface area is 265 Å². The average molecular weight is 625 g/mol. The van der Waals surface area contributed by atoms with Gasteiger partial charge in [-0.3, -0.25) is 14.8 Å². The fraction of sp³-hybridized carbons (Fsp3) is 0.0278. The fourth-order valence-electron chi connectivity index (χ4n) is 5.19. The second-order valence-corrected chi connectivity index (χ2v) is 11.3. The van der Waals surface area contributed by atoms with Crippen molar-refractivity contribution in [2.24, 2.45) is 0 Å². The number of thiophene rings is 1. The van der Waals surface area contributed by atoms with Crippen LogP contribution in [0.1, 0.15) is 17.5 Å². The van der Waals surface area contributed by atoms with Gasteiger partial charge in [-0.1, -0.05) is 24.0 Å². The number of benzene rings is 3. The molecule has 3 aromatic heterocycles. The third-order valence-corrected chi connectivity index (χ3v) is 8.45. The normalized spacial score (nSPS) is 13.4. The zero-order chi connectivity index (χ0) is 31.6. The van der Waals surface area contributed by atoms with Crippen LogP contribution in [0.2, 0.25) is 0 Å². The van der Waals surface area contributed by atoms with Gasteiger partial charge in [0, 0.05) is 46.4 Å². The molecule has 0 unspecified atom stereocenters. The van der Waals surface area contributed by atoms with Crippen LogP contribution in [0.3, 0.4) is 0 Å². The number of pyridine rings is 1. The summed E-state index contributed by atoms with van der Waals surface area (Å²) in [5.74, 6) is 8.57. The molecule has 0 radical (unpaired) electrons. The highest BCUT2D eigenvalue weighted by Gasteiger charge is 2.21. The van der Waals surface area contributed by atoms with Crippen molar-refractivity contribution in [2.75, 3.05) is 10.6 Å². The third-order valence-electron chi connectivity index (χ3n) is 7.41. The van der Waals surface area contributed by atoms with Gasteiger partial charge in [0.2, 0.25) is 5.91 Å². The van der Waals surface area contributed by atoms with Crippen molar-refractivity contribution >= 4 is 40.2 Å². The lowest BCUT2D eigenvalue weighted by Gasteiger charge is -2.14. The van der Waals surface area contributed by atoms with E-state index in [2.05, 4.69) is 38.3 Å². The predicted octanol–water partition coefficient (Wildman–Crippen LogP) is 5.82. The minimum Gasteiger partial charge on any atom is -0.356 e. The molecule has 0 fully saturated rings. The van der Waals surface area contributed by atoms with Gasteiger partial charge >= 0.3 is 0 Å². The van der Waals surface area contributed by atoms with E-state index in [0.717, 1.165) is 11.1 Å². The maximum Gasteiger partial charge on any atom is 0.230 e. The van der Waals surface area contributed by atoms with E-state index >= 15 is 0 Å². The predicted molar refractivity (Wildman–Crippen MR) is 175 cm³/mol. The lowest BCUT2D eigenvalue weighted by atomic mass is 9.97. The Bertz CT molecular complexity index is 2330. The van der Waals surface area contributed by atoms with Gasteiger partial charge in [-0.05, 0) is 83.2 Å². The maximum absolute atomic E-state index is 13.8. The summed E-state index contributed by atoms with van der Waals surface area (Å²) >= 11 is 1.41. The van der Waals surface area contributed by atoms with E-state index in [1.807, 2.05) is 29.6 Å². The van der Waals surface area contributed by atoms with E-state index in [4.69, 9.17) is 5.41 Å². The second kappa shape index (κ2) is 12.1. The molecule has 0 saturated carbocycles. The second-order valence-electron chi connectivity index (χ2n) is 10.4. The Morgan fingerprint density at radius 3 is 2.35 bits per heavy atom. The molecule has 0 saturated heterocycles. The minimum atomic E-state index is -0.370. The number of hydrogen-bond acceptors (Lipinski definition) is 6. The van der Waals surface area contributed by atoms with Crippen LogP contribution in [0.25, 0.3) is 33.8 Å². The van der Waals surface area contributed by atoms with Gasteiger partial charge in [0.25, 0.3) is 0 Å². The van der Waals surface area contributed by atoms with Crippen molar-refractivity contribution in [1.82, 2.24) is 14.5 Å². The summed E-state index contributed by atoms with van der Waals surface area (Å²) in [6.07, 6.45) is 6.87. The van der Waals surface area contributed by atoms with Crippen LogP contribution in [-0.4, -0.2) is 26.3 Å². The smallest absolute Gasteiger partial charge is 0.230 e. The molecule has 0 aliphatic carbocycles. The van der Waals surface area contributed by atoms with E-state index in [1.165, 1.54) is 35.6 Å².